The molecule has 40 heavy (non-hydrogen) atoms. The molecule has 6 nitrogen and oxygen atoms in total. The molecule has 2 rings (SSSR count). The Morgan fingerprint density at radius 3 is 1.75 bits per heavy atom. The number of ether oxygens (including phenoxy) is 1. The van der Waals surface area contributed by atoms with Crippen LogP contribution >= 0.6 is 0 Å². The molecule has 6 heteroatoms. The normalized spacial score (nSPS) is 15.7. The number of imide groups is 1. The highest BCUT2D eigenvalue weighted by molar-refractivity contribution is 6.24. The van der Waals surface area contributed by atoms with E-state index in [-0.39, 0.29) is 24.2 Å². The number of benzene rings is 1. The summed E-state index contributed by atoms with van der Waals surface area (Å²) in [6, 6.07) is 8.35. The fraction of sp³-hybridized carbons (Fsp3) is 0.676. The Balaban J connectivity index is 1.76. The third-order valence-corrected chi connectivity index (χ3v) is 7.46. The Hall–Kier alpha value is -2.63. The van der Waals surface area contributed by atoms with Gasteiger partial charge in [-0.2, -0.15) is 0 Å². The second-order valence-electron chi connectivity index (χ2n) is 12.2. The average Bonchev–Trinajstić information content (AvgIpc) is 3.14. The molecule has 1 aromatic rings. The summed E-state index contributed by atoms with van der Waals surface area (Å²) in [5, 5.41) is 11.0. The summed E-state index contributed by atoms with van der Waals surface area (Å²) in [5.41, 5.74) is -0.237. The molecule has 1 N–H and O–H groups in total. The van der Waals surface area contributed by atoms with Gasteiger partial charge in [-0.3, -0.25) is 9.59 Å². The van der Waals surface area contributed by atoms with Crippen LogP contribution in [0.25, 0.3) is 0 Å². The minimum absolute atomic E-state index is 0.184. The number of hydrogen-bond donors (Lipinski definition) is 1. The fourth-order valence-corrected chi connectivity index (χ4v) is 5.25. The number of hydrogen-bond acceptors (Lipinski definition) is 5. The molecule has 0 aliphatic carbocycles. The van der Waals surface area contributed by atoms with Gasteiger partial charge in [-0.1, -0.05) is 127 Å². The molecule has 0 bridgehead atoms. The van der Waals surface area contributed by atoms with E-state index in [2.05, 4.69) is 6.92 Å². The Morgan fingerprint density at radius 2 is 1.27 bits per heavy atom. The van der Waals surface area contributed by atoms with Crippen LogP contribution in [-0.4, -0.2) is 39.4 Å². The van der Waals surface area contributed by atoms with Gasteiger partial charge in [0, 0.05) is 12.8 Å². The number of rotatable bonds is 19. The minimum Gasteiger partial charge on any atom is -0.509 e. The zero-order chi connectivity index (χ0) is 29.4. The molecule has 0 saturated heterocycles. The lowest BCUT2D eigenvalue weighted by Gasteiger charge is -2.27. The largest absolute Gasteiger partial charge is 0.509 e. The van der Waals surface area contributed by atoms with Gasteiger partial charge in [0.25, 0.3) is 5.91 Å². The van der Waals surface area contributed by atoms with Gasteiger partial charge >= 0.3 is 6.09 Å². The predicted molar refractivity (Wildman–Crippen MR) is 161 cm³/mol. The molecule has 224 valence electrons. The molecule has 0 fully saturated rings. The van der Waals surface area contributed by atoms with E-state index in [0.29, 0.717) is 6.42 Å². The highest BCUT2D eigenvalue weighted by atomic mass is 16.6. The number of carbonyl (C=O) groups excluding carboxylic acids is 3. The van der Waals surface area contributed by atoms with E-state index in [1.165, 1.54) is 70.6 Å². The van der Waals surface area contributed by atoms with Crippen molar-refractivity contribution >= 4 is 17.8 Å². The SMILES string of the molecule is CCCCCCCCCCCCCCCCCC(=O)C1=C(O)[C@H](Cc2ccccc2)N(C(=O)OC(C)(C)C)C1=O. The maximum atomic E-state index is 13.2. The molecule has 2 amide bonds. The van der Waals surface area contributed by atoms with E-state index >= 15 is 0 Å². The van der Waals surface area contributed by atoms with Crippen LogP contribution < -0.4 is 0 Å². The predicted octanol–water partition coefficient (Wildman–Crippen LogP) is 9.02. The van der Waals surface area contributed by atoms with Crippen molar-refractivity contribution in [1.29, 1.82) is 0 Å². The van der Waals surface area contributed by atoms with Crippen LogP contribution in [0, 0.1) is 0 Å². The van der Waals surface area contributed by atoms with Crippen molar-refractivity contribution in [2.45, 2.75) is 148 Å². The molecule has 0 aromatic heterocycles. The lowest BCUT2D eigenvalue weighted by Crippen LogP contribution is -2.45. The first kappa shape index (κ1) is 33.6. The van der Waals surface area contributed by atoms with E-state index < -0.39 is 29.4 Å². The molecule has 1 atom stereocenters. The van der Waals surface area contributed by atoms with Crippen molar-refractivity contribution in [3.63, 3.8) is 0 Å². The minimum atomic E-state index is -0.954. The van der Waals surface area contributed by atoms with Crippen molar-refractivity contribution in [3.05, 3.63) is 47.2 Å². The molecule has 0 spiro atoms. The standard InChI is InChI=1S/C34H53NO5/c1-5-6-7-8-9-10-11-12-13-14-15-16-17-18-22-25-29(36)30-31(37)28(26-27-23-20-19-21-24-27)35(32(30)38)33(39)40-34(2,3)4/h19-21,23-24,28,37H,5-18,22,25-26H2,1-4H3/t28-/m0/s1. The summed E-state index contributed by atoms with van der Waals surface area (Å²) < 4.78 is 5.44. The molecule has 0 radical (unpaired) electrons. The number of carbonyl (C=O) groups is 3. The summed E-state index contributed by atoms with van der Waals surface area (Å²) in [5.74, 6) is -1.49. The maximum Gasteiger partial charge on any atom is 0.418 e. The first-order chi connectivity index (χ1) is 19.2. The van der Waals surface area contributed by atoms with Crippen molar-refractivity contribution in [1.82, 2.24) is 4.90 Å². The number of aliphatic hydroxyl groups excluding tert-OH is 1. The van der Waals surface area contributed by atoms with Crippen LogP contribution in [0.2, 0.25) is 0 Å². The van der Waals surface area contributed by atoms with Gasteiger partial charge in [-0.15, -0.1) is 0 Å². The molecule has 0 saturated carbocycles. The van der Waals surface area contributed by atoms with Gasteiger partial charge in [0.05, 0.1) is 0 Å². The quantitative estimate of drug-likeness (QED) is 0.136. The van der Waals surface area contributed by atoms with Crippen LogP contribution in [0.5, 0.6) is 0 Å². The topological polar surface area (TPSA) is 83.9 Å². The fourth-order valence-electron chi connectivity index (χ4n) is 5.25. The molecule has 1 heterocycles. The van der Waals surface area contributed by atoms with E-state index in [1.807, 2.05) is 30.3 Å². The average molecular weight is 556 g/mol. The van der Waals surface area contributed by atoms with Gasteiger partial charge in [0.1, 0.15) is 23.0 Å². The van der Waals surface area contributed by atoms with Crippen molar-refractivity contribution in [3.8, 4) is 0 Å². The summed E-state index contributed by atoms with van der Waals surface area (Å²) in [7, 11) is 0. The van der Waals surface area contributed by atoms with E-state index in [9.17, 15) is 19.5 Å². The Kier molecular flexibility index (Phi) is 15.1. The molecular weight excluding hydrogens is 502 g/mol. The number of ketones is 1. The van der Waals surface area contributed by atoms with E-state index in [4.69, 9.17) is 4.74 Å². The van der Waals surface area contributed by atoms with Gasteiger partial charge < -0.3 is 9.84 Å². The van der Waals surface area contributed by atoms with E-state index in [0.717, 1.165) is 29.7 Å². The lowest BCUT2D eigenvalue weighted by atomic mass is 10.00. The second kappa shape index (κ2) is 17.9. The lowest BCUT2D eigenvalue weighted by molar-refractivity contribution is -0.128. The molecule has 0 unspecified atom stereocenters. The summed E-state index contributed by atoms with van der Waals surface area (Å²) >= 11 is 0. The van der Waals surface area contributed by atoms with Crippen molar-refractivity contribution < 1.29 is 24.2 Å². The Bertz CT molecular complexity index is 947. The summed E-state index contributed by atoms with van der Waals surface area (Å²) in [6.07, 6.45) is 18.0. The zero-order valence-electron chi connectivity index (χ0n) is 25.5. The molecule has 1 aliphatic rings. The summed E-state index contributed by atoms with van der Waals surface area (Å²) in [6.45, 7) is 7.40. The maximum absolute atomic E-state index is 13.2. The van der Waals surface area contributed by atoms with Crippen LogP contribution in [0.15, 0.2) is 41.7 Å². The van der Waals surface area contributed by atoms with Crippen LogP contribution in [0.4, 0.5) is 4.79 Å². The molecule has 1 aliphatic heterocycles. The van der Waals surface area contributed by atoms with Crippen molar-refractivity contribution in [2.75, 3.05) is 0 Å². The highest BCUT2D eigenvalue weighted by Gasteiger charge is 2.47. The molecule has 1 aromatic carbocycles. The molecular formula is C34H53NO5. The van der Waals surface area contributed by atoms with E-state index in [1.54, 1.807) is 20.8 Å². The Labute approximate surface area is 242 Å². The van der Waals surface area contributed by atoms with Gasteiger partial charge in [0.15, 0.2) is 5.78 Å². The first-order valence-corrected chi connectivity index (χ1v) is 15.7. The number of Topliss-reactive ketones (excluding diaryl/α,β-unsaturated/α-hetero) is 1. The highest BCUT2D eigenvalue weighted by Crippen LogP contribution is 2.30. The number of unbranched alkanes of at least 4 members (excludes halogenated alkanes) is 14. The third-order valence-electron chi connectivity index (χ3n) is 7.46. The van der Waals surface area contributed by atoms with Crippen molar-refractivity contribution in [2.24, 2.45) is 0 Å². The van der Waals surface area contributed by atoms with Crippen LogP contribution in [0.3, 0.4) is 0 Å². The number of amides is 2. The number of nitrogens with zero attached hydrogens (tertiary/aromatic N) is 1. The van der Waals surface area contributed by atoms with Crippen LogP contribution in [0.1, 0.15) is 136 Å². The monoisotopic (exact) mass is 555 g/mol. The van der Waals surface area contributed by atoms with Gasteiger partial charge in [-0.05, 0) is 32.8 Å². The second-order valence-corrected chi connectivity index (χ2v) is 12.2. The number of aliphatic hydroxyl groups is 1. The summed E-state index contributed by atoms with van der Waals surface area (Å²) in [4.78, 5) is 40.1. The first-order valence-electron chi connectivity index (χ1n) is 15.7. The zero-order valence-corrected chi connectivity index (χ0v) is 25.5. The van der Waals surface area contributed by atoms with Crippen LogP contribution in [-0.2, 0) is 20.7 Å². The third kappa shape index (κ3) is 11.9. The van der Waals surface area contributed by atoms with Gasteiger partial charge in [-0.25, -0.2) is 9.69 Å². The Morgan fingerprint density at radius 1 is 0.800 bits per heavy atom. The smallest absolute Gasteiger partial charge is 0.418 e. The van der Waals surface area contributed by atoms with Gasteiger partial charge in [0.2, 0.25) is 0 Å².